The van der Waals surface area contributed by atoms with E-state index in [2.05, 4.69) is 21.2 Å². The highest BCUT2D eigenvalue weighted by Crippen LogP contribution is 2.35. The minimum absolute atomic E-state index is 0.0776. The van der Waals surface area contributed by atoms with E-state index in [1.165, 1.54) is 0 Å². The second-order valence-electron chi connectivity index (χ2n) is 5.65. The fraction of sp³-hybridized carbons (Fsp3) is 0.562. The predicted octanol–water partition coefficient (Wildman–Crippen LogP) is 3.39. The van der Waals surface area contributed by atoms with Crippen LogP contribution in [-0.4, -0.2) is 29.3 Å². The number of halogens is 1. The first-order valence-electron chi connectivity index (χ1n) is 7.42. The molecule has 0 fully saturated rings. The van der Waals surface area contributed by atoms with Crippen LogP contribution >= 0.6 is 15.9 Å². The van der Waals surface area contributed by atoms with Crippen molar-refractivity contribution in [3.8, 4) is 11.5 Å². The second-order valence-corrected chi connectivity index (χ2v) is 6.51. The van der Waals surface area contributed by atoms with Crippen LogP contribution in [0.1, 0.15) is 32.8 Å². The normalized spacial score (nSPS) is 12.4. The fourth-order valence-corrected chi connectivity index (χ4v) is 2.72. The van der Waals surface area contributed by atoms with Crippen LogP contribution < -0.4 is 10.1 Å². The van der Waals surface area contributed by atoms with E-state index in [0.717, 1.165) is 5.56 Å². The lowest BCUT2D eigenvalue weighted by Gasteiger charge is -2.16. The van der Waals surface area contributed by atoms with Crippen molar-refractivity contribution < 1.29 is 19.7 Å². The average Bonchev–Trinajstić information content (AvgIpc) is 2.42. The first kappa shape index (κ1) is 18.8. The van der Waals surface area contributed by atoms with Gasteiger partial charge in [0.25, 0.3) is 0 Å². The minimum Gasteiger partial charge on any atom is -0.503 e. The number of carboxylic acid groups (broad SMARTS) is 1. The van der Waals surface area contributed by atoms with Crippen LogP contribution in [0.25, 0.3) is 0 Å². The highest BCUT2D eigenvalue weighted by molar-refractivity contribution is 9.10. The van der Waals surface area contributed by atoms with E-state index in [4.69, 9.17) is 4.74 Å². The number of benzene rings is 1. The summed E-state index contributed by atoms with van der Waals surface area (Å²) in [6, 6.07) is 3.55. The summed E-state index contributed by atoms with van der Waals surface area (Å²) in [5, 5.41) is 22.2. The van der Waals surface area contributed by atoms with Gasteiger partial charge in [-0.2, -0.15) is 0 Å². The first-order chi connectivity index (χ1) is 10.3. The van der Waals surface area contributed by atoms with Crippen molar-refractivity contribution in [1.29, 1.82) is 0 Å². The largest absolute Gasteiger partial charge is 0.503 e. The molecule has 0 aliphatic heterocycles. The Kier molecular flexibility index (Phi) is 7.68. The molecule has 0 radical (unpaired) electrons. The Balaban J connectivity index is 2.65. The molecule has 5 nitrogen and oxygen atoms in total. The van der Waals surface area contributed by atoms with E-state index in [0.29, 0.717) is 42.3 Å². The highest BCUT2D eigenvalue weighted by atomic mass is 79.9. The van der Waals surface area contributed by atoms with Gasteiger partial charge in [-0.3, -0.25) is 4.79 Å². The number of hydrogen-bond donors (Lipinski definition) is 3. The summed E-state index contributed by atoms with van der Waals surface area (Å²) in [6.07, 6.45) is 0.645. The zero-order chi connectivity index (χ0) is 16.7. The van der Waals surface area contributed by atoms with Crippen molar-refractivity contribution in [3.05, 3.63) is 22.2 Å². The van der Waals surface area contributed by atoms with Crippen molar-refractivity contribution in [2.45, 2.75) is 33.7 Å². The van der Waals surface area contributed by atoms with Crippen LogP contribution in [0.15, 0.2) is 16.6 Å². The molecule has 0 aromatic heterocycles. The molecule has 0 saturated heterocycles. The monoisotopic (exact) mass is 373 g/mol. The molecular weight excluding hydrogens is 350 g/mol. The molecule has 0 amide bonds. The summed E-state index contributed by atoms with van der Waals surface area (Å²) < 4.78 is 5.94. The molecule has 1 aromatic carbocycles. The number of ether oxygens (including phenoxy) is 1. The van der Waals surface area contributed by atoms with Crippen LogP contribution in [0.3, 0.4) is 0 Å². The van der Waals surface area contributed by atoms with Gasteiger partial charge in [0.2, 0.25) is 0 Å². The third-order valence-corrected chi connectivity index (χ3v) is 3.82. The maximum atomic E-state index is 11.2. The van der Waals surface area contributed by atoms with E-state index < -0.39 is 11.9 Å². The van der Waals surface area contributed by atoms with Gasteiger partial charge in [0.15, 0.2) is 11.5 Å². The van der Waals surface area contributed by atoms with Crippen LogP contribution in [-0.2, 0) is 11.3 Å². The Bertz CT molecular complexity index is 505. The predicted molar refractivity (Wildman–Crippen MR) is 89.3 cm³/mol. The molecule has 1 atom stereocenters. The van der Waals surface area contributed by atoms with Crippen LogP contribution in [0.5, 0.6) is 11.5 Å². The number of aromatic hydroxyl groups is 1. The third kappa shape index (κ3) is 5.85. The summed E-state index contributed by atoms with van der Waals surface area (Å²) in [4.78, 5) is 11.2. The Morgan fingerprint density at radius 2 is 2.09 bits per heavy atom. The highest BCUT2D eigenvalue weighted by Gasteiger charge is 2.18. The smallest absolute Gasteiger partial charge is 0.307 e. The van der Waals surface area contributed by atoms with Crippen LogP contribution in [0.2, 0.25) is 0 Å². The molecule has 0 saturated carbocycles. The van der Waals surface area contributed by atoms with Crippen molar-refractivity contribution in [1.82, 2.24) is 5.32 Å². The van der Waals surface area contributed by atoms with Crippen molar-refractivity contribution >= 4 is 21.9 Å². The molecule has 0 heterocycles. The van der Waals surface area contributed by atoms with Crippen molar-refractivity contribution in [2.24, 2.45) is 11.8 Å². The maximum absolute atomic E-state index is 11.2. The molecular formula is C16H24BrNO4. The zero-order valence-electron chi connectivity index (χ0n) is 13.2. The maximum Gasteiger partial charge on any atom is 0.307 e. The van der Waals surface area contributed by atoms with Gasteiger partial charge < -0.3 is 20.3 Å². The van der Waals surface area contributed by atoms with E-state index >= 15 is 0 Å². The summed E-state index contributed by atoms with van der Waals surface area (Å²) in [5.74, 6) is -0.329. The van der Waals surface area contributed by atoms with E-state index in [9.17, 15) is 15.0 Å². The number of carbonyl (C=O) groups is 1. The molecule has 0 aliphatic rings. The summed E-state index contributed by atoms with van der Waals surface area (Å²) in [6.45, 7) is 7.27. The lowest BCUT2D eigenvalue weighted by Crippen LogP contribution is -2.29. The minimum atomic E-state index is -0.775. The number of carboxylic acids is 1. The van der Waals surface area contributed by atoms with Crippen molar-refractivity contribution in [2.75, 3.05) is 13.2 Å². The lowest BCUT2D eigenvalue weighted by atomic mass is 9.97. The number of rotatable bonds is 9. The number of hydrogen-bond acceptors (Lipinski definition) is 4. The SMILES string of the molecule is CCOc1cc(CNCC(CC(C)C)C(=O)O)cc(Br)c1O. The van der Waals surface area contributed by atoms with Gasteiger partial charge in [-0.1, -0.05) is 13.8 Å². The van der Waals surface area contributed by atoms with Gasteiger partial charge in [-0.05, 0) is 52.9 Å². The number of nitrogens with one attached hydrogen (secondary N) is 1. The number of aliphatic carboxylic acids is 1. The molecule has 22 heavy (non-hydrogen) atoms. The summed E-state index contributed by atoms with van der Waals surface area (Å²) >= 11 is 3.29. The van der Waals surface area contributed by atoms with E-state index in [-0.39, 0.29) is 5.75 Å². The van der Waals surface area contributed by atoms with Crippen LogP contribution in [0.4, 0.5) is 0 Å². The second kappa shape index (κ2) is 9.00. The summed E-state index contributed by atoms with van der Waals surface area (Å²) in [5.41, 5.74) is 0.918. The molecule has 3 N–H and O–H groups in total. The molecule has 124 valence electrons. The molecule has 0 bridgehead atoms. The van der Waals surface area contributed by atoms with Gasteiger partial charge in [-0.15, -0.1) is 0 Å². The van der Waals surface area contributed by atoms with Gasteiger partial charge in [0, 0.05) is 13.1 Å². The Morgan fingerprint density at radius 3 is 2.64 bits per heavy atom. The van der Waals surface area contributed by atoms with E-state index in [1.54, 1.807) is 12.1 Å². The quantitative estimate of drug-likeness (QED) is 0.618. The lowest BCUT2D eigenvalue weighted by molar-refractivity contribution is -0.142. The first-order valence-corrected chi connectivity index (χ1v) is 8.22. The topological polar surface area (TPSA) is 78.8 Å². The van der Waals surface area contributed by atoms with Gasteiger partial charge >= 0.3 is 5.97 Å². The molecule has 1 rings (SSSR count). The molecule has 1 aromatic rings. The standard InChI is InChI=1S/C16H24BrNO4/c1-4-22-14-7-11(6-13(17)15(14)19)8-18-9-12(16(20)21)5-10(2)3/h6-7,10,12,18-19H,4-5,8-9H2,1-3H3,(H,20,21). The number of phenolic OH excluding ortho intramolecular Hbond substituents is 1. The molecule has 1 unspecified atom stereocenters. The van der Waals surface area contributed by atoms with Gasteiger partial charge in [0.1, 0.15) is 0 Å². The Morgan fingerprint density at radius 1 is 1.41 bits per heavy atom. The van der Waals surface area contributed by atoms with E-state index in [1.807, 2.05) is 20.8 Å². The summed E-state index contributed by atoms with van der Waals surface area (Å²) in [7, 11) is 0. The third-order valence-electron chi connectivity index (χ3n) is 3.21. The molecule has 0 spiro atoms. The Hall–Kier alpha value is -1.27. The molecule has 6 heteroatoms. The number of phenols is 1. The molecule has 0 aliphatic carbocycles. The van der Waals surface area contributed by atoms with Crippen molar-refractivity contribution in [3.63, 3.8) is 0 Å². The van der Waals surface area contributed by atoms with Crippen LogP contribution in [0, 0.1) is 11.8 Å². The van der Waals surface area contributed by atoms with Gasteiger partial charge in [0.05, 0.1) is 17.0 Å². The Labute approximate surface area is 139 Å². The zero-order valence-corrected chi connectivity index (χ0v) is 14.8. The fourth-order valence-electron chi connectivity index (χ4n) is 2.23. The average molecular weight is 374 g/mol. The van der Waals surface area contributed by atoms with Gasteiger partial charge in [-0.25, -0.2) is 0 Å².